The van der Waals surface area contributed by atoms with E-state index in [1.165, 1.54) is 18.7 Å². The molecule has 102 valence electrons. The average Bonchev–Trinajstić information content (AvgIpc) is 2.63. The van der Waals surface area contributed by atoms with Crippen molar-refractivity contribution in [1.29, 1.82) is 0 Å². The maximum absolute atomic E-state index is 12.1. The van der Waals surface area contributed by atoms with Crippen molar-refractivity contribution in [3.63, 3.8) is 0 Å². The molecular formula is C14H18N2O2S. The number of aryl methyl sites for hydroxylation is 2. The van der Waals surface area contributed by atoms with Crippen LogP contribution in [0.4, 0.5) is 11.4 Å². The van der Waals surface area contributed by atoms with Gasteiger partial charge in [-0.1, -0.05) is 17.8 Å². The van der Waals surface area contributed by atoms with Gasteiger partial charge in [0.25, 0.3) is 0 Å². The van der Waals surface area contributed by atoms with Crippen molar-refractivity contribution < 1.29 is 9.59 Å². The number of nitrogens with two attached hydrogens (primary N) is 1. The van der Waals surface area contributed by atoms with Gasteiger partial charge in [0.05, 0.1) is 11.4 Å². The van der Waals surface area contributed by atoms with E-state index in [0.717, 1.165) is 16.8 Å². The highest BCUT2D eigenvalue weighted by Crippen LogP contribution is 2.34. The molecule has 2 rings (SSSR count). The quantitative estimate of drug-likeness (QED) is 0.843. The van der Waals surface area contributed by atoms with Crippen LogP contribution in [0.1, 0.15) is 24.5 Å². The Labute approximate surface area is 117 Å². The van der Waals surface area contributed by atoms with Gasteiger partial charge in [0.15, 0.2) is 5.12 Å². The zero-order valence-corrected chi connectivity index (χ0v) is 12.2. The highest BCUT2D eigenvalue weighted by Gasteiger charge is 2.33. The summed E-state index contributed by atoms with van der Waals surface area (Å²) in [6.45, 7) is 6.01. The third kappa shape index (κ3) is 2.92. The van der Waals surface area contributed by atoms with Gasteiger partial charge in [-0.3, -0.25) is 9.59 Å². The van der Waals surface area contributed by atoms with Crippen LogP contribution in [-0.2, 0) is 9.59 Å². The summed E-state index contributed by atoms with van der Waals surface area (Å²) < 4.78 is 0. The maximum Gasteiger partial charge on any atom is 0.228 e. The molecule has 0 aliphatic carbocycles. The number of carbonyl (C=O) groups excluding carboxylic acids is 2. The van der Waals surface area contributed by atoms with Crippen LogP contribution in [0, 0.1) is 13.8 Å². The van der Waals surface area contributed by atoms with E-state index in [0.29, 0.717) is 18.7 Å². The minimum atomic E-state index is 0.0326. The second-order valence-corrected chi connectivity index (χ2v) is 6.43. The van der Waals surface area contributed by atoms with E-state index < -0.39 is 0 Å². The summed E-state index contributed by atoms with van der Waals surface area (Å²) in [4.78, 5) is 24.9. The lowest BCUT2D eigenvalue weighted by Gasteiger charge is -2.20. The van der Waals surface area contributed by atoms with Crippen LogP contribution in [0.15, 0.2) is 12.1 Å². The van der Waals surface area contributed by atoms with Crippen LogP contribution in [0.2, 0.25) is 0 Å². The zero-order valence-electron chi connectivity index (χ0n) is 11.4. The standard InChI is InChI=1S/C14H18N2O2S/c1-8-4-9(2)14(15)12(5-8)16-7-11(6-13(16)18)19-10(3)17/h4-5,11H,6-7,15H2,1-3H3. The summed E-state index contributed by atoms with van der Waals surface area (Å²) in [7, 11) is 0. The topological polar surface area (TPSA) is 63.4 Å². The maximum atomic E-state index is 12.1. The van der Waals surface area contributed by atoms with Crippen LogP contribution < -0.4 is 10.6 Å². The molecule has 19 heavy (non-hydrogen) atoms. The van der Waals surface area contributed by atoms with Crippen molar-refractivity contribution >= 4 is 34.2 Å². The molecule has 1 fully saturated rings. The summed E-state index contributed by atoms with van der Waals surface area (Å²) in [5, 5.41) is 0.0817. The molecule has 1 aliphatic heterocycles. The monoisotopic (exact) mass is 278 g/mol. The molecule has 1 aromatic rings. The number of anilines is 2. The molecule has 0 radical (unpaired) electrons. The van der Waals surface area contributed by atoms with Crippen molar-refractivity contribution in [1.82, 2.24) is 0 Å². The Balaban J connectivity index is 2.28. The Hall–Kier alpha value is -1.49. The lowest BCUT2D eigenvalue weighted by Crippen LogP contribution is -2.26. The van der Waals surface area contributed by atoms with Gasteiger partial charge in [-0.25, -0.2) is 0 Å². The van der Waals surface area contributed by atoms with Gasteiger partial charge in [0.2, 0.25) is 5.91 Å². The van der Waals surface area contributed by atoms with E-state index in [4.69, 9.17) is 5.73 Å². The Morgan fingerprint density at radius 2 is 2.11 bits per heavy atom. The summed E-state index contributed by atoms with van der Waals surface area (Å²) in [6, 6.07) is 3.93. The van der Waals surface area contributed by atoms with E-state index in [2.05, 4.69) is 0 Å². The number of benzene rings is 1. The summed E-state index contributed by atoms with van der Waals surface area (Å²) >= 11 is 1.24. The highest BCUT2D eigenvalue weighted by molar-refractivity contribution is 8.14. The second kappa shape index (κ2) is 5.25. The second-order valence-electron chi connectivity index (χ2n) is 4.95. The Kier molecular flexibility index (Phi) is 3.85. The first-order valence-electron chi connectivity index (χ1n) is 6.22. The molecule has 0 bridgehead atoms. The SMILES string of the molecule is CC(=O)SC1CC(=O)N(c2cc(C)cc(C)c2N)C1. The molecule has 1 amide bonds. The van der Waals surface area contributed by atoms with Crippen molar-refractivity contribution in [2.75, 3.05) is 17.2 Å². The Bertz CT molecular complexity index is 542. The van der Waals surface area contributed by atoms with Crippen molar-refractivity contribution in [3.8, 4) is 0 Å². The molecule has 4 nitrogen and oxygen atoms in total. The fourth-order valence-electron chi connectivity index (χ4n) is 2.40. The fraction of sp³-hybridized carbons (Fsp3) is 0.429. The first kappa shape index (κ1) is 13.9. The van der Waals surface area contributed by atoms with Crippen LogP contribution >= 0.6 is 11.8 Å². The third-order valence-electron chi connectivity index (χ3n) is 3.22. The van der Waals surface area contributed by atoms with Crippen molar-refractivity contribution in [2.24, 2.45) is 0 Å². The van der Waals surface area contributed by atoms with E-state index in [9.17, 15) is 9.59 Å². The lowest BCUT2D eigenvalue weighted by atomic mass is 10.1. The summed E-state index contributed by atoms with van der Waals surface area (Å²) in [5.41, 5.74) is 9.55. The van der Waals surface area contributed by atoms with E-state index >= 15 is 0 Å². The van der Waals surface area contributed by atoms with Gasteiger partial charge >= 0.3 is 0 Å². The smallest absolute Gasteiger partial charge is 0.228 e. The Morgan fingerprint density at radius 1 is 1.42 bits per heavy atom. The van der Waals surface area contributed by atoms with Crippen LogP contribution in [0.3, 0.4) is 0 Å². The number of hydrogen-bond donors (Lipinski definition) is 1. The molecule has 0 saturated carbocycles. The summed E-state index contributed by atoms with van der Waals surface area (Å²) in [6.07, 6.45) is 0.399. The number of hydrogen-bond acceptors (Lipinski definition) is 4. The minimum Gasteiger partial charge on any atom is -0.397 e. The average molecular weight is 278 g/mol. The van der Waals surface area contributed by atoms with Gasteiger partial charge in [0.1, 0.15) is 0 Å². The van der Waals surface area contributed by atoms with Crippen molar-refractivity contribution in [2.45, 2.75) is 32.4 Å². The normalized spacial score (nSPS) is 19.0. The zero-order chi connectivity index (χ0) is 14.2. The number of carbonyl (C=O) groups is 2. The van der Waals surface area contributed by atoms with E-state index in [-0.39, 0.29) is 16.3 Å². The third-order valence-corrected chi connectivity index (χ3v) is 4.20. The molecule has 0 spiro atoms. The Morgan fingerprint density at radius 3 is 2.74 bits per heavy atom. The molecule has 1 unspecified atom stereocenters. The highest BCUT2D eigenvalue weighted by atomic mass is 32.2. The molecule has 1 aliphatic rings. The predicted octanol–water partition coefficient (Wildman–Crippen LogP) is 2.27. The fourth-order valence-corrected chi connectivity index (χ4v) is 3.32. The number of amides is 1. The number of nitrogen functional groups attached to an aromatic ring is 1. The number of thioether (sulfide) groups is 1. The molecule has 5 heteroatoms. The number of rotatable bonds is 2. The lowest BCUT2D eigenvalue weighted by molar-refractivity contribution is -0.117. The first-order valence-corrected chi connectivity index (χ1v) is 7.10. The van der Waals surface area contributed by atoms with E-state index in [1.807, 2.05) is 26.0 Å². The molecule has 1 aromatic carbocycles. The molecule has 1 saturated heterocycles. The molecular weight excluding hydrogens is 260 g/mol. The minimum absolute atomic E-state index is 0.0326. The molecule has 1 heterocycles. The van der Waals surface area contributed by atoms with Gasteiger partial charge < -0.3 is 10.6 Å². The summed E-state index contributed by atoms with van der Waals surface area (Å²) in [5.74, 6) is 0.0375. The van der Waals surface area contributed by atoms with E-state index in [1.54, 1.807) is 4.90 Å². The van der Waals surface area contributed by atoms with Crippen LogP contribution in [0.5, 0.6) is 0 Å². The number of nitrogens with zero attached hydrogens (tertiary/aromatic N) is 1. The van der Waals surface area contributed by atoms with Gasteiger partial charge in [-0.15, -0.1) is 0 Å². The predicted molar refractivity (Wildman–Crippen MR) is 79.4 cm³/mol. The molecule has 2 N–H and O–H groups in total. The molecule has 0 aromatic heterocycles. The van der Waals surface area contributed by atoms with Gasteiger partial charge in [0, 0.05) is 25.1 Å². The van der Waals surface area contributed by atoms with Gasteiger partial charge in [-0.2, -0.15) is 0 Å². The van der Waals surface area contributed by atoms with Crippen LogP contribution in [-0.4, -0.2) is 22.8 Å². The molecule has 1 atom stereocenters. The van der Waals surface area contributed by atoms with Crippen molar-refractivity contribution in [3.05, 3.63) is 23.3 Å². The first-order chi connectivity index (χ1) is 8.88. The van der Waals surface area contributed by atoms with Gasteiger partial charge in [-0.05, 0) is 31.0 Å². The van der Waals surface area contributed by atoms with Crippen LogP contribution in [0.25, 0.3) is 0 Å². The largest absolute Gasteiger partial charge is 0.397 e.